The lowest BCUT2D eigenvalue weighted by Gasteiger charge is -1.92. The van der Waals surface area contributed by atoms with E-state index in [2.05, 4.69) is 58.0 Å². The van der Waals surface area contributed by atoms with Crippen molar-refractivity contribution in [3.05, 3.63) is 121 Å². The highest BCUT2D eigenvalue weighted by molar-refractivity contribution is 5.81. The van der Waals surface area contributed by atoms with Crippen molar-refractivity contribution < 1.29 is 9.47 Å². The first-order valence-electron chi connectivity index (χ1n) is 11.0. The summed E-state index contributed by atoms with van der Waals surface area (Å²) in [7, 11) is 6.50. The van der Waals surface area contributed by atoms with Crippen LogP contribution in [0, 0.1) is 0 Å². The number of rotatable bonds is 0. The third-order valence-electron chi connectivity index (χ3n) is 2.99. The molecule has 0 amide bonds. The third-order valence-corrected chi connectivity index (χ3v) is 2.99. The van der Waals surface area contributed by atoms with Crippen LogP contribution in [0.3, 0.4) is 0 Å². The molecule has 0 aliphatic heterocycles. The maximum absolute atomic E-state index is 4.25. The molecule has 0 aliphatic rings. The van der Waals surface area contributed by atoms with Crippen LogP contribution in [0.1, 0.15) is 27.7 Å². The smallest absolute Gasteiger partial charge is 0.0351 e. The Morgan fingerprint density at radius 2 is 0.438 bits per heavy atom. The molecule has 2 nitrogen and oxygen atoms in total. The second-order valence-electron chi connectivity index (χ2n) is 5.47. The molecule has 0 N–H and O–H groups in total. The summed E-state index contributed by atoms with van der Waals surface area (Å²) in [6.07, 6.45) is 0. The van der Waals surface area contributed by atoms with Crippen molar-refractivity contribution in [2.45, 2.75) is 27.7 Å². The minimum absolute atomic E-state index is 1.31. The normalized spacial score (nSPS) is 7.62. The van der Waals surface area contributed by atoms with E-state index in [1.54, 1.807) is 28.4 Å². The number of hydrogen-bond acceptors (Lipinski definition) is 2. The first kappa shape index (κ1) is 33.7. The Labute approximate surface area is 197 Å². The molecule has 0 fully saturated rings. The minimum atomic E-state index is 1.31. The summed E-state index contributed by atoms with van der Waals surface area (Å²) < 4.78 is 8.50. The average Bonchev–Trinajstić information content (AvgIpc) is 2.90. The zero-order valence-electron chi connectivity index (χ0n) is 21.4. The Balaban J connectivity index is -0.000000338. The summed E-state index contributed by atoms with van der Waals surface area (Å²) in [5, 5.41) is 2.62. The van der Waals surface area contributed by atoms with Crippen molar-refractivity contribution in [3.8, 4) is 0 Å². The van der Waals surface area contributed by atoms with Gasteiger partial charge in [-0.3, -0.25) is 0 Å². The van der Waals surface area contributed by atoms with Crippen molar-refractivity contribution in [1.82, 2.24) is 0 Å². The Morgan fingerprint density at radius 3 is 0.562 bits per heavy atom. The number of hydrogen-bond donors (Lipinski definition) is 0. The maximum atomic E-state index is 4.25. The van der Waals surface area contributed by atoms with Crippen LogP contribution in [-0.2, 0) is 9.47 Å². The predicted molar refractivity (Wildman–Crippen MR) is 145 cm³/mol. The number of ether oxygens (including phenoxy) is 2. The van der Waals surface area contributed by atoms with Crippen molar-refractivity contribution in [3.63, 3.8) is 0 Å². The number of fused-ring (bicyclic) bond motifs is 1. The Bertz CT molecular complexity index is 619. The fourth-order valence-electron chi connectivity index (χ4n) is 1.90. The van der Waals surface area contributed by atoms with Gasteiger partial charge in [0.25, 0.3) is 0 Å². The van der Waals surface area contributed by atoms with Gasteiger partial charge in [-0.2, -0.15) is 0 Å². The second-order valence-corrected chi connectivity index (χ2v) is 5.47. The molecule has 0 saturated carbocycles. The van der Waals surface area contributed by atoms with E-state index in [9.17, 15) is 0 Å². The summed E-state index contributed by atoms with van der Waals surface area (Å²) in [5.41, 5.74) is 0. The molecule has 176 valence electrons. The highest BCUT2D eigenvalue weighted by Gasteiger charge is 1.85. The van der Waals surface area contributed by atoms with Gasteiger partial charge in [-0.25, -0.2) is 0 Å². The minimum Gasteiger partial charge on any atom is -0.388 e. The zero-order chi connectivity index (χ0) is 24.7. The topological polar surface area (TPSA) is 18.5 Å². The molecule has 2 heteroatoms. The average molecular weight is 437 g/mol. The lowest BCUT2D eigenvalue weighted by molar-refractivity contribution is 0.277. The van der Waals surface area contributed by atoms with E-state index in [1.807, 2.05) is 100 Å². The van der Waals surface area contributed by atoms with Gasteiger partial charge in [0.15, 0.2) is 0 Å². The number of methoxy groups -OCH3 is 2. The Kier molecular flexibility index (Phi) is 34.4. The molecule has 4 aromatic carbocycles. The molecule has 32 heavy (non-hydrogen) atoms. The molecule has 0 bridgehead atoms. The van der Waals surface area contributed by atoms with E-state index < -0.39 is 0 Å². The van der Waals surface area contributed by atoms with Gasteiger partial charge in [0.1, 0.15) is 0 Å². The first-order chi connectivity index (χ1) is 15.8. The summed E-state index contributed by atoms with van der Waals surface area (Å²) in [6.45, 7) is 8.00. The summed E-state index contributed by atoms with van der Waals surface area (Å²) in [4.78, 5) is 0. The van der Waals surface area contributed by atoms with Crippen LogP contribution in [-0.4, -0.2) is 28.4 Å². The molecular formula is C30H44O2. The van der Waals surface area contributed by atoms with Gasteiger partial charge in [0.2, 0.25) is 0 Å². The van der Waals surface area contributed by atoms with Crippen molar-refractivity contribution in [2.24, 2.45) is 0 Å². The highest BCUT2D eigenvalue weighted by Crippen LogP contribution is 2.11. The van der Waals surface area contributed by atoms with Crippen LogP contribution >= 0.6 is 0 Å². The monoisotopic (exact) mass is 436 g/mol. The largest absolute Gasteiger partial charge is 0.388 e. The molecule has 0 radical (unpaired) electrons. The van der Waals surface area contributed by atoms with E-state index >= 15 is 0 Å². The van der Waals surface area contributed by atoms with Crippen molar-refractivity contribution in [2.75, 3.05) is 28.4 Å². The standard InChI is InChI=1S/C10H8.2C6H6.2C2H6O.2C2H6/c1-2-6-10-8-4-3-7-9(10)5-1;2*1-2-4-6-5-3-1;2*1-3-2;2*1-2/h1-8H;2*1-6H;2*1-2H3;2*1-2H3. The van der Waals surface area contributed by atoms with Crippen LogP contribution in [0.25, 0.3) is 10.8 Å². The molecule has 4 aromatic rings. The van der Waals surface area contributed by atoms with Gasteiger partial charge in [0.05, 0.1) is 0 Å². The van der Waals surface area contributed by atoms with Gasteiger partial charge in [-0.1, -0.05) is 149 Å². The van der Waals surface area contributed by atoms with E-state index in [0.717, 1.165) is 0 Å². The second kappa shape index (κ2) is 32.7. The van der Waals surface area contributed by atoms with Gasteiger partial charge in [-0.15, -0.1) is 0 Å². The quantitative estimate of drug-likeness (QED) is 0.274. The summed E-state index contributed by atoms with van der Waals surface area (Å²) in [6, 6.07) is 40.7. The Morgan fingerprint density at radius 1 is 0.312 bits per heavy atom. The molecule has 0 saturated heterocycles. The van der Waals surface area contributed by atoms with Gasteiger partial charge < -0.3 is 9.47 Å². The maximum Gasteiger partial charge on any atom is 0.0351 e. The van der Waals surface area contributed by atoms with E-state index in [1.165, 1.54) is 10.8 Å². The van der Waals surface area contributed by atoms with Crippen LogP contribution in [0.5, 0.6) is 0 Å². The van der Waals surface area contributed by atoms with Gasteiger partial charge in [-0.05, 0) is 10.8 Å². The lowest BCUT2D eigenvalue weighted by atomic mass is 10.1. The van der Waals surface area contributed by atoms with Crippen molar-refractivity contribution in [1.29, 1.82) is 0 Å². The first-order valence-corrected chi connectivity index (χ1v) is 11.0. The molecule has 0 aromatic heterocycles. The molecule has 0 atom stereocenters. The SMILES string of the molecule is CC.CC.COC.COC.c1ccc2ccccc2c1.c1ccccc1.c1ccccc1. The fraction of sp³-hybridized carbons (Fsp3) is 0.267. The number of benzene rings is 4. The molecular weight excluding hydrogens is 392 g/mol. The van der Waals surface area contributed by atoms with E-state index in [-0.39, 0.29) is 0 Å². The van der Waals surface area contributed by atoms with Gasteiger partial charge in [0, 0.05) is 28.4 Å². The van der Waals surface area contributed by atoms with Crippen LogP contribution in [0.4, 0.5) is 0 Å². The zero-order valence-corrected chi connectivity index (χ0v) is 21.4. The summed E-state index contributed by atoms with van der Waals surface area (Å²) >= 11 is 0. The third kappa shape index (κ3) is 25.1. The van der Waals surface area contributed by atoms with E-state index in [4.69, 9.17) is 0 Å². The summed E-state index contributed by atoms with van der Waals surface area (Å²) in [5.74, 6) is 0. The predicted octanol–water partition coefficient (Wildman–Crippen LogP) is 8.79. The molecule has 0 spiro atoms. The van der Waals surface area contributed by atoms with Crippen LogP contribution in [0.2, 0.25) is 0 Å². The highest BCUT2D eigenvalue weighted by atomic mass is 16.5. The van der Waals surface area contributed by atoms with Crippen LogP contribution in [0.15, 0.2) is 121 Å². The molecule has 0 aliphatic carbocycles. The fourth-order valence-corrected chi connectivity index (χ4v) is 1.90. The van der Waals surface area contributed by atoms with Gasteiger partial charge >= 0.3 is 0 Å². The van der Waals surface area contributed by atoms with Crippen molar-refractivity contribution >= 4 is 10.8 Å². The lowest BCUT2D eigenvalue weighted by Crippen LogP contribution is -1.67. The van der Waals surface area contributed by atoms with Crippen LogP contribution < -0.4 is 0 Å². The molecule has 0 unspecified atom stereocenters. The molecule has 0 heterocycles. The molecule has 4 rings (SSSR count). The Hall–Kier alpha value is -2.94. The van der Waals surface area contributed by atoms with E-state index in [0.29, 0.717) is 0 Å².